The Bertz CT molecular complexity index is 1990. The van der Waals surface area contributed by atoms with Gasteiger partial charge in [-0.15, -0.1) is 6.58 Å². The molecule has 232 valence electrons. The number of thiazole rings is 1. The first kappa shape index (κ1) is 32.3. The summed E-state index contributed by atoms with van der Waals surface area (Å²) >= 11 is 13.5. The first-order chi connectivity index (χ1) is 21.6. The van der Waals surface area contributed by atoms with Crippen LogP contribution < -0.4 is 24.4 Å². The minimum absolute atomic E-state index is 0.211. The van der Waals surface area contributed by atoms with Gasteiger partial charge in [0.05, 0.1) is 45.6 Å². The second kappa shape index (κ2) is 13.9. The molecule has 0 fully saturated rings. The van der Waals surface area contributed by atoms with Gasteiger partial charge in [-0.2, -0.15) is 0 Å². The summed E-state index contributed by atoms with van der Waals surface area (Å²) in [4.78, 5) is 32.4. The zero-order valence-corrected chi connectivity index (χ0v) is 27.7. The Kier molecular flexibility index (Phi) is 9.97. The van der Waals surface area contributed by atoms with Crippen LogP contribution in [0.5, 0.6) is 11.5 Å². The van der Waals surface area contributed by atoms with Gasteiger partial charge in [-0.25, -0.2) is 9.79 Å². The van der Waals surface area contributed by atoms with E-state index in [0.717, 1.165) is 27.8 Å². The van der Waals surface area contributed by atoms with E-state index >= 15 is 0 Å². The number of esters is 1. The summed E-state index contributed by atoms with van der Waals surface area (Å²) in [6, 6.07) is 16.2. The molecule has 3 aromatic carbocycles. The van der Waals surface area contributed by atoms with E-state index in [1.54, 1.807) is 49.8 Å². The fraction of sp³-hybridized carbons (Fsp3) is 0.229. The van der Waals surface area contributed by atoms with Crippen LogP contribution in [0.2, 0.25) is 10.0 Å². The monoisotopic (exact) mass is 662 g/mol. The summed E-state index contributed by atoms with van der Waals surface area (Å²) < 4.78 is 19.4. The Morgan fingerprint density at radius 1 is 1.09 bits per heavy atom. The first-order valence-corrected chi connectivity index (χ1v) is 15.9. The second-order valence-corrected chi connectivity index (χ2v) is 12.3. The van der Waals surface area contributed by atoms with Crippen molar-refractivity contribution in [3.05, 3.63) is 136 Å². The number of ether oxygens (including phenoxy) is 3. The van der Waals surface area contributed by atoms with E-state index < -0.39 is 12.0 Å². The van der Waals surface area contributed by atoms with Crippen molar-refractivity contribution in [1.29, 1.82) is 0 Å². The van der Waals surface area contributed by atoms with Gasteiger partial charge in [-0.05, 0) is 74.2 Å². The second-order valence-electron chi connectivity index (χ2n) is 10.5. The van der Waals surface area contributed by atoms with E-state index in [0.29, 0.717) is 48.6 Å². The number of allylic oxidation sites excluding steroid dienone is 2. The van der Waals surface area contributed by atoms with Crippen molar-refractivity contribution in [3.63, 3.8) is 0 Å². The number of benzene rings is 3. The van der Waals surface area contributed by atoms with Crippen LogP contribution in [0.3, 0.4) is 0 Å². The number of methoxy groups -OCH3 is 1. The van der Waals surface area contributed by atoms with E-state index in [1.165, 1.54) is 11.3 Å². The molecule has 0 saturated carbocycles. The van der Waals surface area contributed by atoms with Gasteiger partial charge < -0.3 is 14.2 Å². The number of carbonyl (C=O) groups is 1. The number of aryl methyl sites for hydroxylation is 1. The number of hydrogen-bond donors (Lipinski definition) is 0. The van der Waals surface area contributed by atoms with Crippen molar-refractivity contribution in [2.45, 2.75) is 39.8 Å². The third-order valence-electron chi connectivity index (χ3n) is 7.31. The third-order valence-corrected chi connectivity index (χ3v) is 9.04. The van der Waals surface area contributed by atoms with Gasteiger partial charge in [0.25, 0.3) is 5.56 Å². The van der Waals surface area contributed by atoms with Gasteiger partial charge in [0.15, 0.2) is 16.3 Å². The number of aromatic nitrogens is 1. The van der Waals surface area contributed by atoms with Crippen LogP contribution in [0.15, 0.2) is 88.3 Å². The van der Waals surface area contributed by atoms with Crippen LogP contribution in [0.4, 0.5) is 0 Å². The summed E-state index contributed by atoms with van der Waals surface area (Å²) in [6.07, 6.45) is 4.09. The molecule has 0 aliphatic carbocycles. The average Bonchev–Trinajstić information content (AvgIpc) is 3.31. The minimum atomic E-state index is -0.675. The van der Waals surface area contributed by atoms with Crippen LogP contribution in [-0.2, 0) is 22.6 Å². The van der Waals surface area contributed by atoms with E-state index in [9.17, 15) is 9.59 Å². The molecule has 1 aromatic heterocycles. The number of halogens is 2. The molecule has 1 aliphatic heterocycles. The molecule has 0 amide bonds. The zero-order valence-electron chi connectivity index (χ0n) is 25.4. The highest BCUT2D eigenvalue weighted by Gasteiger charge is 2.33. The maximum absolute atomic E-state index is 14.1. The number of hydrogen-bond acceptors (Lipinski definition) is 7. The molecule has 0 saturated heterocycles. The third kappa shape index (κ3) is 6.78. The fourth-order valence-electron chi connectivity index (χ4n) is 5.18. The predicted molar refractivity (Wildman–Crippen MR) is 179 cm³/mol. The van der Waals surface area contributed by atoms with Crippen molar-refractivity contribution < 1.29 is 19.0 Å². The molecule has 0 unspecified atom stereocenters. The Labute approximate surface area is 275 Å². The molecular weight excluding hydrogens is 631 g/mol. The molecule has 2 heterocycles. The predicted octanol–water partition coefficient (Wildman–Crippen LogP) is 6.73. The zero-order chi connectivity index (χ0) is 32.2. The van der Waals surface area contributed by atoms with Gasteiger partial charge in [-0.1, -0.05) is 76.5 Å². The van der Waals surface area contributed by atoms with E-state index in [1.807, 2.05) is 49.4 Å². The summed E-state index contributed by atoms with van der Waals surface area (Å²) in [5.41, 5.74) is 4.89. The normalized spacial score (nSPS) is 14.5. The quantitative estimate of drug-likeness (QED) is 0.139. The maximum atomic E-state index is 14.1. The van der Waals surface area contributed by atoms with Crippen LogP contribution in [0.1, 0.15) is 47.7 Å². The summed E-state index contributed by atoms with van der Waals surface area (Å²) in [6.45, 7) is 9.87. The lowest BCUT2D eigenvalue weighted by Crippen LogP contribution is -2.39. The molecule has 45 heavy (non-hydrogen) atoms. The number of rotatable bonds is 10. The van der Waals surface area contributed by atoms with Crippen LogP contribution >= 0.6 is 34.5 Å². The van der Waals surface area contributed by atoms with Crippen molar-refractivity contribution in [3.8, 4) is 11.5 Å². The molecule has 0 N–H and O–H groups in total. The van der Waals surface area contributed by atoms with Crippen molar-refractivity contribution in [2.24, 2.45) is 4.99 Å². The molecule has 0 bridgehead atoms. The van der Waals surface area contributed by atoms with E-state index in [-0.39, 0.29) is 18.8 Å². The Morgan fingerprint density at radius 3 is 2.51 bits per heavy atom. The molecule has 7 nitrogen and oxygen atoms in total. The molecule has 1 atom stereocenters. The molecule has 0 radical (unpaired) electrons. The highest BCUT2D eigenvalue weighted by Crippen LogP contribution is 2.35. The topological polar surface area (TPSA) is 79.1 Å². The number of carbonyl (C=O) groups excluding carboxylic acids is 1. The number of nitrogens with zero attached hydrogens (tertiary/aromatic N) is 2. The fourth-order valence-corrected chi connectivity index (χ4v) is 6.55. The standard InChI is InChI=1S/C35H32Cl2N2O5S/c1-6-8-25-15-23(17-28(42-5)32(25)44-19-22-11-14-26(36)27(37)16-22)18-29-33(40)39-31(24-12-9-20(3)10-13-24)30(34(41)43-7-2)21(4)38-35(39)45-29/h6,9-18,31H,1,7-8,19H2,2-5H3/b29-18+/t31-/m1/s1. The number of fused-ring (bicyclic) bond motifs is 1. The van der Waals surface area contributed by atoms with Crippen LogP contribution in [0.25, 0.3) is 6.08 Å². The highest BCUT2D eigenvalue weighted by atomic mass is 35.5. The summed E-state index contributed by atoms with van der Waals surface area (Å²) in [7, 11) is 1.57. The van der Waals surface area contributed by atoms with Gasteiger partial charge in [0, 0.05) is 5.56 Å². The molecule has 4 aromatic rings. The molecular formula is C35H32Cl2N2O5S. The molecule has 1 aliphatic rings. The van der Waals surface area contributed by atoms with E-state index in [4.69, 9.17) is 37.4 Å². The first-order valence-electron chi connectivity index (χ1n) is 14.3. The van der Waals surface area contributed by atoms with Gasteiger partial charge in [0.2, 0.25) is 0 Å². The Balaban J connectivity index is 1.60. The molecule has 5 rings (SSSR count). The smallest absolute Gasteiger partial charge is 0.338 e. The van der Waals surface area contributed by atoms with E-state index in [2.05, 4.69) is 11.6 Å². The lowest BCUT2D eigenvalue weighted by atomic mass is 9.95. The summed E-state index contributed by atoms with van der Waals surface area (Å²) in [5, 5.41) is 0.916. The van der Waals surface area contributed by atoms with Crippen molar-refractivity contribution in [1.82, 2.24) is 4.57 Å². The lowest BCUT2D eigenvalue weighted by molar-refractivity contribution is -0.139. The van der Waals surface area contributed by atoms with Gasteiger partial charge >= 0.3 is 5.97 Å². The van der Waals surface area contributed by atoms with Crippen LogP contribution in [0, 0.1) is 6.92 Å². The Morgan fingerprint density at radius 2 is 1.84 bits per heavy atom. The maximum Gasteiger partial charge on any atom is 0.338 e. The largest absolute Gasteiger partial charge is 0.493 e. The highest BCUT2D eigenvalue weighted by molar-refractivity contribution is 7.07. The van der Waals surface area contributed by atoms with Crippen molar-refractivity contribution >= 4 is 46.6 Å². The van der Waals surface area contributed by atoms with Crippen LogP contribution in [-0.4, -0.2) is 24.3 Å². The lowest BCUT2D eigenvalue weighted by Gasteiger charge is -2.24. The van der Waals surface area contributed by atoms with Gasteiger partial charge in [-0.3, -0.25) is 9.36 Å². The minimum Gasteiger partial charge on any atom is -0.493 e. The molecule has 10 heteroatoms. The SMILES string of the molecule is C=CCc1cc(/C=c2/sc3n(c2=O)[C@H](c2ccc(C)cc2)C(C(=O)OCC)=C(C)N=3)cc(OC)c1OCc1ccc(Cl)c(Cl)c1. The van der Waals surface area contributed by atoms with Crippen molar-refractivity contribution in [2.75, 3.05) is 13.7 Å². The summed E-state index contributed by atoms with van der Waals surface area (Å²) in [5.74, 6) is 0.580. The Hall–Kier alpha value is -4.11. The van der Waals surface area contributed by atoms with Gasteiger partial charge in [0.1, 0.15) is 6.61 Å². The molecule has 0 spiro atoms. The average molecular weight is 664 g/mol.